The molecule has 0 rings (SSSR count). The average molecular weight is 215 g/mol. The zero-order valence-electron chi connectivity index (χ0n) is 11.0. The van der Waals surface area contributed by atoms with Crippen molar-refractivity contribution in [3.05, 3.63) is 0 Å². The van der Waals surface area contributed by atoms with Gasteiger partial charge in [-0.25, -0.2) is 0 Å². The second-order valence-electron chi connectivity index (χ2n) is 5.16. The highest BCUT2D eigenvalue weighted by Gasteiger charge is 2.14. The first-order valence-electron chi connectivity index (χ1n) is 6.45. The lowest BCUT2D eigenvalue weighted by molar-refractivity contribution is 0.0318. The van der Waals surface area contributed by atoms with E-state index in [4.69, 9.17) is 0 Å². The molecular formula is C13H29NO. The molecule has 15 heavy (non-hydrogen) atoms. The summed E-state index contributed by atoms with van der Waals surface area (Å²) in [5, 5.41) is 12.7. The third kappa shape index (κ3) is 11.8. The molecule has 0 spiro atoms. The lowest BCUT2D eigenvalue weighted by Gasteiger charge is -2.24. The van der Waals surface area contributed by atoms with Crippen LogP contribution in [0, 0.1) is 0 Å². The van der Waals surface area contributed by atoms with E-state index in [-0.39, 0.29) is 0 Å². The van der Waals surface area contributed by atoms with E-state index in [9.17, 15) is 5.11 Å². The van der Waals surface area contributed by atoms with Gasteiger partial charge in [-0.2, -0.15) is 0 Å². The third-order valence-electron chi connectivity index (χ3n) is 2.59. The first kappa shape index (κ1) is 14.9. The van der Waals surface area contributed by atoms with Gasteiger partial charge in [-0.1, -0.05) is 45.4 Å². The molecule has 0 saturated heterocycles. The molecule has 0 saturated carbocycles. The Kier molecular flexibility index (Phi) is 8.07. The largest absolute Gasteiger partial charge is 0.376 e. The predicted octanol–water partition coefficient (Wildman–Crippen LogP) is 3.44. The topological polar surface area (TPSA) is 32.3 Å². The zero-order chi connectivity index (χ0) is 11.7. The highest BCUT2D eigenvalue weighted by Crippen LogP contribution is 2.09. The Labute approximate surface area is 95.5 Å². The molecule has 0 aliphatic rings. The summed E-state index contributed by atoms with van der Waals surface area (Å²) < 4.78 is 0. The molecule has 2 N–H and O–H groups in total. The summed E-state index contributed by atoms with van der Waals surface area (Å²) in [6, 6.07) is 0.413. The molecule has 0 aliphatic heterocycles. The molecule has 1 atom stereocenters. The van der Waals surface area contributed by atoms with Gasteiger partial charge in [0.1, 0.15) is 5.72 Å². The van der Waals surface area contributed by atoms with Crippen molar-refractivity contribution in [3.63, 3.8) is 0 Å². The normalized spacial score (nSPS) is 14.2. The van der Waals surface area contributed by atoms with Crippen molar-refractivity contribution in [2.45, 2.75) is 84.4 Å². The van der Waals surface area contributed by atoms with E-state index < -0.39 is 5.72 Å². The van der Waals surface area contributed by atoms with Crippen molar-refractivity contribution in [2.24, 2.45) is 0 Å². The molecule has 0 aromatic rings. The summed E-state index contributed by atoms with van der Waals surface area (Å²) in [6.07, 6.45) is 9.20. The van der Waals surface area contributed by atoms with Crippen molar-refractivity contribution in [1.82, 2.24) is 5.32 Å². The van der Waals surface area contributed by atoms with Crippen LogP contribution in [0.2, 0.25) is 0 Å². The van der Waals surface area contributed by atoms with Gasteiger partial charge in [0.25, 0.3) is 0 Å². The molecule has 0 unspecified atom stereocenters. The Hall–Kier alpha value is -0.0800. The molecule has 0 bridgehead atoms. The molecule has 0 radical (unpaired) electrons. The highest BCUT2D eigenvalue weighted by molar-refractivity contribution is 4.69. The first-order chi connectivity index (χ1) is 6.95. The summed E-state index contributed by atoms with van der Waals surface area (Å²) in [4.78, 5) is 0. The fraction of sp³-hybridized carbons (Fsp3) is 1.00. The second kappa shape index (κ2) is 8.12. The Bertz CT molecular complexity index is 140. The van der Waals surface area contributed by atoms with E-state index in [1.807, 2.05) is 0 Å². The van der Waals surface area contributed by atoms with Crippen LogP contribution in [0.5, 0.6) is 0 Å². The van der Waals surface area contributed by atoms with E-state index >= 15 is 0 Å². The molecule has 0 aliphatic carbocycles. The van der Waals surface area contributed by atoms with Crippen molar-refractivity contribution < 1.29 is 5.11 Å². The van der Waals surface area contributed by atoms with Crippen LogP contribution in [0.15, 0.2) is 0 Å². The summed E-state index contributed by atoms with van der Waals surface area (Å²) in [5.41, 5.74) is -0.734. The third-order valence-corrected chi connectivity index (χ3v) is 2.59. The predicted molar refractivity (Wildman–Crippen MR) is 66.9 cm³/mol. The Morgan fingerprint density at radius 1 is 1.07 bits per heavy atom. The number of nitrogens with one attached hydrogen (secondary N) is 1. The van der Waals surface area contributed by atoms with E-state index in [0.29, 0.717) is 6.04 Å². The van der Waals surface area contributed by atoms with Crippen LogP contribution in [0.3, 0.4) is 0 Å². The maximum atomic E-state index is 9.55. The molecule has 92 valence electrons. The molecule has 0 fully saturated rings. The van der Waals surface area contributed by atoms with Gasteiger partial charge in [0.05, 0.1) is 0 Å². The SMILES string of the molecule is CCCCCCCC[C@@H](C)NC(C)(C)O. The molecule has 0 aromatic carbocycles. The van der Waals surface area contributed by atoms with Gasteiger partial charge in [0.2, 0.25) is 0 Å². The number of unbranched alkanes of at least 4 members (excludes halogenated alkanes) is 5. The van der Waals surface area contributed by atoms with E-state index in [2.05, 4.69) is 19.2 Å². The lowest BCUT2D eigenvalue weighted by atomic mass is 10.1. The first-order valence-corrected chi connectivity index (χ1v) is 6.45. The van der Waals surface area contributed by atoms with Crippen molar-refractivity contribution >= 4 is 0 Å². The van der Waals surface area contributed by atoms with E-state index in [1.54, 1.807) is 13.8 Å². The molecule has 2 heteroatoms. The summed E-state index contributed by atoms with van der Waals surface area (Å²) in [7, 11) is 0. The van der Waals surface area contributed by atoms with Crippen LogP contribution in [0.1, 0.15) is 72.6 Å². The maximum absolute atomic E-state index is 9.55. The van der Waals surface area contributed by atoms with Gasteiger partial charge in [-0.05, 0) is 27.2 Å². The van der Waals surface area contributed by atoms with Gasteiger partial charge in [0, 0.05) is 6.04 Å². The van der Waals surface area contributed by atoms with Crippen LogP contribution in [-0.4, -0.2) is 16.9 Å². The van der Waals surface area contributed by atoms with Crippen LogP contribution in [0.4, 0.5) is 0 Å². The Morgan fingerprint density at radius 2 is 1.60 bits per heavy atom. The molecular weight excluding hydrogens is 186 g/mol. The van der Waals surface area contributed by atoms with Crippen molar-refractivity contribution in [1.29, 1.82) is 0 Å². The molecule has 0 amide bonds. The van der Waals surface area contributed by atoms with Gasteiger partial charge < -0.3 is 5.11 Å². The summed E-state index contributed by atoms with van der Waals surface area (Å²) in [6.45, 7) is 7.98. The standard InChI is InChI=1S/C13H29NO/c1-5-6-7-8-9-10-11-12(2)14-13(3,4)15/h12,14-15H,5-11H2,1-4H3/t12-/m1/s1. The van der Waals surface area contributed by atoms with Crippen LogP contribution in [0.25, 0.3) is 0 Å². The van der Waals surface area contributed by atoms with Gasteiger partial charge in [-0.15, -0.1) is 0 Å². The zero-order valence-corrected chi connectivity index (χ0v) is 11.0. The number of aliphatic hydroxyl groups is 1. The Morgan fingerprint density at radius 3 is 2.13 bits per heavy atom. The van der Waals surface area contributed by atoms with E-state index in [0.717, 1.165) is 6.42 Å². The lowest BCUT2D eigenvalue weighted by Crippen LogP contribution is -2.44. The highest BCUT2D eigenvalue weighted by atomic mass is 16.3. The van der Waals surface area contributed by atoms with Crippen molar-refractivity contribution in [3.8, 4) is 0 Å². The smallest absolute Gasteiger partial charge is 0.110 e. The van der Waals surface area contributed by atoms with E-state index in [1.165, 1.54) is 38.5 Å². The second-order valence-corrected chi connectivity index (χ2v) is 5.16. The molecule has 0 heterocycles. The quantitative estimate of drug-likeness (QED) is 0.456. The minimum Gasteiger partial charge on any atom is -0.376 e. The van der Waals surface area contributed by atoms with Crippen LogP contribution in [-0.2, 0) is 0 Å². The van der Waals surface area contributed by atoms with Gasteiger partial charge in [0.15, 0.2) is 0 Å². The maximum Gasteiger partial charge on any atom is 0.110 e. The summed E-state index contributed by atoms with van der Waals surface area (Å²) >= 11 is 0. The number of hydrogen-bond donors (Lipinski definition) is 2. The number of rotatable bonds is 9. The summed E-state index contributed by atoms with van der Waals surface area (Å²) in [5.74, 6) is 0. The van der Waals surface area contributed by atoms with Crippen molar-refractivity contribution in [2.75, 3.05) is 0 Å². The molecule has 2 nitrogen and oxygen atoms in total. The minimum atomic E-state index is -0.734. The average Bonchev–Trinajstić information content (AvgIpc) is 2.08. The van der Waals surface area contributed by atoms with Gasteiger partial charge >= 0.3 is 0 Å². The number of hydrogen-bond acceptors (Lipinski definition) is 2. The molecule has 0 aromatic heterocycles. The minimum absolute atomic E-state index is 0.413. The van der Waals surface area contributed by atoms with Crippen LogP contribution < -0.4 is 5.32 Å². The van der Waals surface area contributed by atoms with Gasteiger partial charge in [-0.3, -0.25) is 5.32 Å². The van der Waals surface area contributed by atoms with Crippen LogP contribution >= 0.6 is 0 Å². The Balaban J connectivity index is 3.28. The fourth-order valence-corrected chi connectivity index (χ4v) is 1.91. The monoisotopic (exact) mass is 215 g/mol. The fourth-order valence-electron chi connectivity index (χ4n) is 1.91.